The van der Waals surface area contributed by atoms with Crippen molar-refractivity contribution in [2.45, 2.75) is 39.0 Å². The summed E-state index contributed by atoms with van der Waals surface area (Å²) in [5.41, 5.74) is 1.49. The molecule has 0 spiro atoms. The Bertz CT molecular complexity index is 652. The summed E-state index contributed by atoms with van der Waals surface area (Å²) < 4.78 is 10.6. The molecule has 0 saturated heterocycles. The molecule has 3 rings (SSSR count). The van der Waals surface area contributed by atoms with Crippen LogP contribution in [0.15, 0.2) is 35.6 Å². The summed E-state index contributed by atoms with van der Waals surface area (Å²) in [6.45, 7) is 4.05. The van der Waals surface area contributed by atoms with Gasteiger partial charge in [-0.05, 0) is 23.1 Å². The van der Waals surface area contributed by atoms with Gasteiger partial charge in [-0.3, -0.25) is 9.59 Å². The largest absolute Gasteiger partial charge is 0.497 e. The smallest absolute Gasteiger partial charge is 0.311 e. The molecule has 22 heavy (non-hydrogen) atoms. The first kappa shape index (κ1) is 14.8. The van der Waals surface area contributed by atoms with E-state index < -0.39 is 0 Å². The monoisotopic (exact) mass is 300 g/mol. The zero-order chi connectivity index (χ0) is 15.9. The van der Waals surface area contributed by atoms with Gasteiger partial charge in [0.1, 0.15) is 11.5 Å². The van der Waals surface area contributed by atoms with E-state index in [4.69, 9.17) is 9.47 Å². The van der Waals surface area contributed by atoms with E-state index >= 15 is 0 Å². The summed E-state index contributed by atoms with van der Waals surface area (Å²) >= 11 is 0. The van der Waals surface area contributed by atoms with Crippen molar-refractivity contribution in [1.29, 1.82) is 0 Å². The molecule has 1 aliphatic carbocycles. The number of ketones is 1. The van der Waals surface area contributed by atoms with E-state index in [1.807, 2.05) is 38.1 Å². The second-order valence-corrected chi connectivity index (χ2v) is 6.78. The standard InChI is InChI=1S/C18H20O4/c1-18(2)9-14(19)17-13(8-16(20)22-15(17)10-18)11-4-6-12(21-3)7-5-11/h4-7,13H,8-10H2,1-3H3/t13-/m0/s1. The Morgan fingerprint density at radius 2 is 1.82 bits per heavy atom. The van der Waals surface area contributed by atoms with Gasteiger partial charge in [-0.2, -0.15) is 0 Å². The van der Waals surface area contributed by atoms with E-state index in [0.29, 0.717) is 24.2 Å². The lowest BCUT2D eigenvalue weighted by Crippen LogP contribution is -2.33. The maximum absolute atomic E-state index is 12.6. The van der Waals surface area contributed by atoms with Crippen LogP contribution in [0.4, 0.5) is 0 Å². The Morgan fingerprint density at radius 3 is 2.45 bits per heavy atom. The Balaban J connectivity index is 2.02. The number of Topliss-reactive ketones (excluding diaryl/α,β-unsaturated/α-hetero) is 1. The van der Waals surface area contributed by atoms with Crippen molar-refractivity contribution in [3.8, 4) is 5.75 Å². The molecule has 4 nitrogen and oxygen atoms in total. The number of allylic oxidation sites excluding steroid dienone is 2. The van der Waals surface area contributed by atoms with Crippen molar-refractivity contribution in [1.82, 2.24) is 0 Å². The second kappa shape index (κ2) is 5.27. The number of hydrogen-bond donors (Lipinski definition) is 0. The van der Waals surface area contributed by atoms with Gasteiger partial charge in [0.25, 0.3) is 0 Å². The van der Waals surface area contributed by atoms with Gasteiger partial charge in [0, 0.05) is 24.3 Å². The molecule has 1 aromatic carbocycles. The molecule has 116 valence electrons. The molecule has 0 amide bonds. The third kappa shape index (κ3) is 2.65. The first-order valence-electron chi connectivity index (χ1n) is 7.50. The topological polar surface area (TPSA) is 52.6 Å². The van der Waals surface area contributed by atoms with Crippen LogP contribution in [0.3, 0.4) is 0 Å². The molecule has 0 unspecified atom stereocenters. The molecule has 0 aromatic heterocycles. The van der Waals surface area contributed by atoms with E-state index in [-0.39, 0.29) is 29.5 Å². The lowest BCUT2D eigenvalue weighted by Gasteiger charge is -2.36. The summed E-state index contributed by atoms with van der Waals surface area (Å²) in [7, 11) is 1.61. The van der Waals surface area contributed by atoms with Crippen LogP contribution in [-0.4, -0.2) is 18.9 Å². The van der Waals surface area contributed by atoms with Crippen LogP contribution in [-0.2, 0) is 14.3 Å². The van der Waals surface area contributed by atoms with Gasteiger partial charge in [0.15, 0.2) is 5.78 Å². The summed E-state index contributed by atoms with van der Waals surface area (Å²) in [6.07, 6.45) is 1.35. The van der Waals surface area contributed by atoms with E-state index in [2.05, 4.69) is 0 Å². The van der Waals surface area contributed by atoms with Crippen molar-refractivity contribution in [3.05, 3.63) is 41.2 Å². The number of carbonyl (C=O) groups is 2. The summed E-state index contributed by atoms with van der Waals surface area (Å²) in [5.74, 6) is 0.959. The maximum Gasteiger partial charge on any atom is 0.311 e. The molecule has 4 heteroatoms. The number of benzene rings is 1. The molecule has 1 aliphatic heterocycles. The van der Waals surface area contributed by atoms with Crippen molar-refractivity contribution >= 4 is 11.8 Å². The number of carbonyl (C=O) groups excluding carboxylic acids is 2. The lowest BCUT2D eigenvalue weighted by molar-refractivity contribution is -0.142. The first-order chi connectivity index (χ1) is 10.4. The third-order valence-electron chi connectivity index (χ3n) is 4.35. The van der Waals surface area contributed by atoms with E-state index in [1.54, 1.807) is 7.11 Å². The molecule has 1 atom stereocenters. The van der Waals surface area contributed by atoms with Gasteiger partial charge in [-0.1, -0.05) is 26.0 Å². The van der Waals surface area contributed by atoms with Gasteiger partial charge in [0.05, 0.1) is 13.5 Å². The van der Waals surface area contributed by atoms with Crippen LogP contribution in [0.25, 0.3) is 0 Å². The van der Waals surface area contributed by atoms with Gasteiger partial charge in [-0.25, -0.2) is 0 Å². The second-order valence-electron chi connectivity index (χ2n) is 6.78. The number of ether oxygens (including phenoxy) is 2. The quantitative estimate of drug-likeness (QED) is 0.786. The molecular formula is C18H20O4. The predicted molar refractivity (Wildman–Crippen MR) is 81.5 cm³/mol. The fourth-order valence-electron chi connectivity index (χ4n) is 3.33. The molecule has 0 bridgehead atoms. The molecule has 0 fully saturated rings. The highest BCUT2D eigenvalue weighted by atomic mass is 16.5. The minimum absolute atomic E-state index is 0.0968. The highest BCUT2D eigenvalue weighted by Gasteiger charge is 2.41. The van der Waals surface area contributed by atoms with Gasteiger partial charge in [-0.15, -0.1) is 0 Å². The minimum atomic E-state index is -0.259. The van der Waals surface area contributed by atoms with Crippen LogP contribution >= 0.6 is 0 Å². The average molecular weight is 300 g/mol. The fraction of sp³-hybridized carbons (Fsp3) is 0.444. The van der Waals surface area contributed by atoms with Crippen molar-refractivity contribution in [3.63, 3.8) is 0 Å². The van der Waals surface area contributed by atoms with Gasteiger partial charge in [0.2, 0.25) is 0 Å². The average Bonchev–Trinajstić information content (AvgIpc) is 2.44. The van der Waals surface area contributed by atoms with Crippen molar-refractivity contribution < 1.29 is 19.1 Å². The highest BCUT2D eigenvalue weighted by molar-refractivity contribution is 6.00. The summed E-state index contributed by atoms with van der Waals surface area (Å²) in [4.78, 5) is 24.5. The summed E-state index contributed by atoms with van der Waals surface area (Å²) in [6, 6.07) is 7.54. The minimum Gasteiger partial charge on any atom is -0.497 e. The molecule has 1 aromatic rings. The van der Waals surface area contributed by atoms with Crippen molar-refractivity contribution in [2.75, 3.05) is 7.11 Å². The van der Waals surface area contributed by atoms with E-state index in [9.17, 15) is 9.59 Å². The Labute approximate surface area is 130 Å². The zero-order valence-corrected chi connectivity index (χ0v) is 13.1. The van der Waals surface area contributed by atoms with Gasteiger partial charge < -0.3 is 9.47 Å². The van der Waals surface area contributed by atoms with E-state index in [1.165, 1.54) is 0 Å². The van der Waals surface area contributed by atoms with Crippen LogP contribution in [0.2, 0.25) is 0 Å². The normalized spacial score (nSPS) is 23.9. The van der Waals surface area contributed by atoms with Crippen LogP contribution in [0, 0.1) is 5.41 Å². The van der Waals surface area contributed by atoms with Crippen molar-refractivity contribution in [2.24, 2.45) is 5.41 Å². The molecule has 1 heterocycles. The fourth-order valence-corrected chi connectivity index (χ4v) is 3.33. The molecule has 0 saturated carbocycles. The number of hydrogen-bond acceptors (Lipinski definition) is 4. The van der Waals surface area contributed by atoms with E-state index in [0.717, 1.165) is 11.3 Å². The maximum atomic E-state index is 12.6. The molecule has 0 radical (unpaired) electrons. The number of methoxy groups -OCH3 is 1. The van der Waals surface area contributed by atoms with Gasteiger partial charge >= 0.3 is 5.97 Å². The Hall–Kier alpha value is -2.10. The Kier molecular flexibility index (Phi) is 3.55. The molecule has 2 aliphatic rings. The molecule has 0 N–H and O–H groups in total. The SMILES string of the molecule is COc1ccc([C@@H]2CC(=O)OC3=C2C(=O)CC(C)(C)C3)cc1. The number of rotatable bonds is 2. The van der Waals surface area contributed by atoms with Crippen LogP contribution in [0.1, 0.15) is 44.6 Å². The highest BCUT2D eigenvalue weighted by Crippen LogP contribution is 2.45. The summed E-state index contributed by atoms with van der Waals surface area (Å²) in [5, 5.41) is 0. The predicted octanol–water partition coefficient (Wildman–Crippen LogP) is 3.37. The van der Waals surface area contributed by atoms with Crippen LogP contribution < -0.4 is 4.74 Å². The third-order valence-corrected chi connectivity index (χ3v) is 4.35. The first-order valence-corrected chi connectivity index (χ1v) is 7.50. The Morgan fingerprint density at radius 1 is 1.14 bits per heavy atom. The van der Waals surface area contributed by atoms with Crippen LogP contribution in [0.5, 0.6) is 5.75 Å². The molecular weight excluding hydrogens is 280 g/mol. The lowest BCUT2D eigenvalue weighted by atomic mass is 9.71. The number of esters is 1. The zero-order valence-electron chi connectivity index (χ0n) is 13.1.